The Morgan fingerprint density at radius 1 is 1.64 bits per heavy atom. The van der Waals surface area contributed by atoms with Gasteiger partial charge in [-0.15, -0.1) is 0 Å². The van der Waals surface area contributed by atoms with E-state index in [1.165, 1.54) is 0 Å². The molecule has 1 N–H and O–H groups in total. The van der Waals surface area contributed by atoms with E-state index in [1.54, 1.807) is 11.8 Å². The molecule has 1 aliphatic heterocycles. The highest BCUT2D eigenvalue weighted by Gasteiger charge is 2.15. The zero-order chi connectivity index (χ0) is 8.27. The molecule has 0 aromatic heterocycles. The van der Waals surface area contributed by atoms with Gasteiger partial charge in [-0.25, -0.2) is 0 Å². The fourth-order valence-electron chi connectivity index (χ4n) is 1.09. The van der Waals surface area contributed by atoms with E-state index in [-0.39, 0.29) is 5.91 Å². The fourth-order valence-corrected chi connectivity index (χ4v) is 1.41. The normalized spacial score (nSPS) is 19.0. The molecular formula is C7H12N2OS. The van der Waals surface area contributed by atoms with Crippen molar-refractivity contribution in [1.82, 2.24) is 10.2 Å². The zero-order valence-electron chi connectivity index (χ0n) is 6.59. The maximum absolute atomic E-state index is 11.0. The summed E-state index contributed by atoms with van der Waals surface area (Å²) in [6.45, 7) is 3.20. The lowest BCUT2D eigenvalue weighted by Gasteiger charge is -2.18. The lowest BCUT2D eigenvalue weighted by Crippen LogP contribution is -2.40. The third kappa shape index (κ3) is 2.15. The Bertz CT molecular complexity index is 181. The summed E-state index contributed by atoms with van der Waals surface area (Å²) >= 11 is 4.98. The van der Waals surface area contributed by atoms with Gasteiger partial charge in [0, 0.05) is 20.0 Å². The summed E-state index contributed by atoms with van der Waals surface area (Å²) in [5.74, 6) is 0.0319. The molecule has 1 heterocycles. The molecule has 0 aromatic rings. The second kappa shape index (κ2) is 3.67. The molecule has 11 heavy (non-hydrogen) atoms. The molecule has 0 atom stereocenters. The van der Waals surface area contributed by atoms with Gasteiger partial charge in [-0.1, -0.05) is 0 Å². The maximum atomic E-state index is 11.0. The van der Waals surface area contributed by atoms with Crippen LogP contribution in [0.25, 0.3) is 0 Å². The zero-order valence-corrected chi connectivity index (χ0v) is 7.41. The highest BCUT2D eigenvalue weighted by atomic mass is 32.1. The minimum Gasteiger partial charge on any atom is -0.362 e. The SMILES string of the molecule is CC(=O)N1CCCCNC1=S. The van der Waals surface area contributed by atoms with E-state index in [1.807, 2.05) is 0 Å². The molecule has 1 aliphatic rings. The van der Waals surface area contributed by atoms with Crippen LogP contribution in [-0.2, 0) is 4.79 Å². The number of rotatable bonds is 0. The number of thiocarbonyl (C=S) groups is 1. The first-order valence-corrected chi connectivity index (χ1v) is 4.18. The molecule has 0 spiro atoms. The van der Waals surface area contributed by atoms with E-state index < -0.39 is 0 Å². The molecule has 0 unspecified atom stereocenters. The molecule has 0 aliphatic carbocycles. The van der Waals surface area contributed by atoms with Gasteiger partial charge in [-0.2, -0.15) is 0 Å². The first-order chi connectivity index (χ1) is 5.22. The first-order valence-electron chi connectivity index (χ1n) is 3.78. The number of carbonyl (C=O) groups excluding carboxylic acids is 1. The summed E-state index contributed by atoms with van der Waals surface area (Å²) < 4.78 is 0. The third-order valence-corrected chi connectivity index (χ3v) is 2.07. The summed E-state index contributed by atoms with van der Waals surface area (Å²) in [6.07, 6.45) is 2.12. The van der Waals surface area contributed by atoms with Gasteiger partial charge in [0.2, 0.25) is 5.91 Å². The molecule has 1 saturated heterocycles. The summed E-state index contributed by atoms with van der Waals surface area (Å²) in [5.41, 5.74) is 0. The van der Waals surface area contributed by atoms with E-state index in [4.69, 9.17) is 12.2 Å². The van der Waals surface area contributed by atoms with Crippen LogP contribution in [0, 0.1) is 0 Å². The van der Waals surface area contributed by atoms with E-state index >= 15 is 0 Å². The number of hydrogen-bond acceptors (Lipinski definition) is 2. The molecule has 0 radical (unpaired) electrons. The van der Waals surface area contributed by atoms with Crippen molar-refractivity contribution in [3.8, 4) is 0 Å². The Morgan fingerprint density at radius 3 is 3.00 bits per heavy atom. The molecule has 1 rings (SSSR count). The summed E-state index contributed by atoms with van der Waals surface area (Å²) in [7, 11) is 0. The molecule has 62 valence electrons. The molecule has 1 amide bonds. The van der Waals surface area contributed by atoms with Crippen LogP contribution in [0.4, 0.5) is 0 Å². The molecule has 0 saturated carbocycles. The molecule has 1 fully saturated rings. The Labute approximate surface area is 71.8 Å². The first kappa shape index (κ1) is 8.46. The van der Waals surface area contributed by atoms with Crippen LogP contribution in [-0.4, -0.2) is 29.0 Å². The van der Waals surface area contributed by atoms with Crippen LogP contribution >= 0.6 is 12.2 Å². The van der Waals surface area contributed by atoms with E-state index in [0.29, 0.717) is 5.11 Å². The Balaban J connectivity index is 2.59. The minimum atomic E-state index is 0.0319. The van der Waals surface area contributed by atoms with Gasteiger partial charge < -0.3 is 5.32 Å². The smallest absolute Gasteiger partial charge is 0.225 e. The highest BCUT2D eigenvalue weighted by molar-refractivity contribution is 7.80. The van der Waals surface area contributed by atoms with Crippen molar-refractivity contribution in [3.63, 3.8) is 0 Å². The Kier molecular flexibility index (Phi) is 2.82. The van der Waals surface area contributed by atoms with Gasteiger partial charge in [0.05, 0.1) is 0 Å². The Morgan fingerprint density at radius 2 is 2.36 bits per heavy atom. The molecule has 3 nitrogen and oxygen atoms in total. The standard InChI is InChI=1S/C7H12N2OS/c1-6(10)9-5-3-2-4-8-7(9)11/h2-5H2,1H3,(H,8,11). The van der Waals surface area contributed by atoms with Crippen LogP contribution in [0.15, 0.2) is 0 Å². The van der Waals surface area contributed by atoms with Crippen molar-refractivity contribution < 1.29 is 4.79 Å². The summed E-state index contributed by atoms with van der Waals surface area (Å²) in [6, 6.07) is 0. The molecule has 0 aromatic carbocycles. The number of amides is 1. The number of nitrogens with one attached hydrogen (secondary N) is 1. The number of hydrogen-bond donors (Lipinski definition) is 1. The molecular weight excluding hydrogens is 160 g/mol. The summed E-state index contributed by atoms with van der Waals surface area (Å²) in [4.78, 5) is 12.6. The number of carbonyl (C=O) groups is 1. The van der Waals surface area contributed by atoms with Crippen molar-refractivity contribution >= 4 is 23.2 Å². The monoisotopic (exact) mass is 172 g/mol. The molecule has 4 heteroatoms. The van der Waals surface area contributed by atoms with Crippen molar-refractivity contribution in [2.24, 2.45) is 0 Å². The lowest BCUT2D eigenvalue weighted by atomic mass is 10.3. The highest BCUT2D eigenvalue weighted by Crippen LogP contribution is 2.01. The number of nitrogens with zero attached hydrogens (tertiary/aromatic N) is 1. The van der Waals surface area contributed by atoms with Crippen LogP contribution < -0.4 is 5.32 Å². The maximum Gasteiger partial charge on any atom is 0.225 e. The fraction of sp³-hybridized carbons (Fsp3) is 0.714. The predicted molar refractivity (Wildman–Crippen MR) is 47.2 cm³/mol. The van der Waals surface area contributed by atoms with Gasteiger partial charge in [-0.3, -0.25) is 9.69 Å². The van der Waals surface area contributed by atoms with Crippen molar-refractivity contribution in [3.05, 3.63) is 0 Å². The average molecular weight is 172 g/mol. The van der Waals surface area contributed by atoms with Crippen LogP contribution in [0.5, 0.6) is 0 Å². The molecule has 0 bridgehead atoms. The second-order valence-corrected chi connectivity index (χ2v) is 3.00. The topological polar surface area (TPSA) is 32.3 Å². The minimum absolute atomic E-state index is 0.0319. The largest absolute Gasteiger partial charge is 0.362 e. The average Bonchev–Trinajstić information content (AvgIpc) is 2.13. The van der Waals surface area contributed by atoms with Crippen molar-refractivity contribution in [2.75, 3.05) is 13.1 Å². The predicted octanol–water partition coefficient (Wildman–Crippen LogP) is 0.503. The quantitative estimate of drug-likeness (QED) is 0.540. The van der Waals surface area contributed by atoms with Gasteiger partial charge in [0.15, 0.2) is 5.11 Å². The van der Waals surface area contributed by atoms with Gasteiger partial charge in [0.25, 0.3) is 0 Å². The van der Waals surface area contributed by atoms with Crippen LogP contribution in [0.1, 0.15) is 19.8 Å². The van der Waals surface area contributed by atoms with Gasteiger partial charge in [-0.05, 0) is 25.1 Å². The van der Waals surface area contributed by atoms with Gasteiger partial charge in [0.1, 0.15) is 0 Å². The van der Waals surface area contributed by atoms with Gasteiger partial charge >= 0.3 is 0 Å². The van der Waals surface area contributed by atoms with Crippen molar-refractivity contribution in [2.45, 2.75) is 19.8 Å². The van der Waals surface area contributed by atoms with E-state index in [2.05, 4.69) is 5.32 Å². The second-order valence-electron chi connectivity index (χ2n) is 2.61. The summed E-state index contributed by atoms with van der Waals surface area (Å²) in [5, 5.41) is 3.59. The van der Waals surface area contributed by atoms with E-state index in [0.717, 1.165) is 25.9 Å². The van der Waals surface area contributed by atoms with E-state index in [9.17, 15) is 4.79 Å². The lowest BCUT2D eigenvalue weighted by molar-refractivity contribution is -0.125. The van der Waals surface area contributed by atoms with Crippen molar-refractivity contribution in [1.29, 1.82) is 0 Å². The van der Waals surface area contributed by atoms with Crippen LogP contribution in [0.2, 0.25) is 0 Å². The Hall–Kier alpha value is -0.640. The van der Waals surface area contributed by atoms with Crippen LogP contribution in [0.3, 0.4) is 0 Å². The third-order valence-electron chi connectivity index (χ3n) is 1.71.